The van der Waals surface area contributed by atoms with Gasteiger partial charge in [0, 0.05) is 41.5 Å². The first kappa shape index (κ1) is 24.9. The van der Waals surface area contributed by atoms with Gasteiger partial charge in [0.1, 0.15) is 5.82 Å². The van der Waals surface area contributed by atoms with Crippen molar-refractivity contribution in [3.05, 3.63) is 83.8 Å². The molecular weight excluding hydrogens is 460 g/mol. The third-order valence-electron chi connectivity index (χ3n) is 6.73. The minimum absolute atomic E-state index is 0.0336. The number of aromatic nitrogens is 3. The normalized spacial score (nSPS) is 14.5. The van der Waals surface area contributed by atoms with Crippen LogP contribution in [0.2, 0.25) is 0 Å². The lowest BCUT2D eigenvalue weighted by Gasteiger charge is -2.23. The number of aryl methyl sites for hydroxylation is 1. The molecular formula is C31H34N4O2. The van der Waals surface area contributed by atoms with E-state index in [-0.39, 0.29) is 17.4 Å². The Morgan fingerprint density at radius 2 is 1.62 bits per heavy atom. The lowest BCUT2D eigenvalue weighted by Crippen LogP contribution is -2.38. The SMILES string of the molecule is Cc1cccc(-c2[nH]c(C(C)(C)C)nc2-c2cccc(-c3ccc(C(=O)NC4CCOCC4)cc3)c2)n1. The molecule has 1 saturated heterocycles. The largest absolute Gasteiger partial charge is 0.381 e. The van der Waals surface area contributed by atoms with Gasteiger partial charge >= 0.3 is 0 Å². The number of benzene rings is 2. The van der Waals surface area contributed by atoms with Crippen molar-refractivity contribution in [3.63, 3.8) is 0 Å². The fourth-order valence-electron chi connectivity index (χ4n) is 4.58. The first-order valence-electron chi connectivity index (χ1n) is 12.9. The van der Waals surface area contributed by atoms with Gasteiger partial charge in [-0.25, -0.2) is 4.98 Å². The molecule has 0 spiro atoms. The molecule has 4 aromatic rings. The fourth-order valence-corrected chi connectivity index (χ4v) is 4.58. The number of aromatic amines is 1. The summed E-state index contributed by atoms with van der Waals surface area (Å²) >= 11 is 0. The van der Waals surface area contributed by atoms with Crippen LogP contribution >= 0.6 is 0 Å². The number of hydrogen-bond acceptors (Lipinski definition) is 4. The fraction of sp³-hybridized carbons (Fsp3) is 0.323. The van der Waals surface area contributed by atoms with Gasteiger partial charge in [0.15, 0.2) is 0 Å². The third kappa shape index (κ3) is 5.65. The van der Waals surface area contributed by atoms with Gasteiger partial charge in [0.25, 0.3) is 5.91 Å². The third-order valence-corrected chi connectivity index (χ3v) is 6.73. The van der Waals surface area contributed by atoms with Crippen LogP contribution in [0.5, 0.6) is 0 Å². The second kappa shape index (κ2) is 10.3. The number of pyridine rings is 1. The molecule has 3 heterocycles. The molecule has 0 saturated carbocycles. The number of carbonyl (C=O) groups excluding carboxylic acids is 1. The van der Waals surface area contributed by atoms with Crippen molar-refractivity contribution >= 4 is 5.91 Å². The molecule has 190 valence electrons. The highest BCUT2D eigenvalue weighted by Gasteiger charge is 2.23. The first-order valence-corrected chi connectivity index (χ1v) is 12.9. The molecule has 1 aliphatic heterocycles. The molecule has 2 N–H and O–H groups in total. The molecule has 0 bridgehead atoms. The number of nitrogens with zero attached hydrogens (tertiary/aromatic N) is 2. The highest BCUT2D eigenvalue weighted by atomic mass is 16.5. The van der Waals surface area contributed by atoms with Gasteiger partial charge in [-0.3, -0.25) is 9.78 Å². The molecule has 1 fully saturated rings. The Morgan fingerprint density at radius 1 is 0.919 bits per heavy atom. The van der Waals surface area contributed by atoms with E-state index in [0.29, 0.717) is 18.8 Å². The van der Waals surface area contributed by atoms with E-state index < -0.39 is 0 Å². The Kier molecular flexibility index (Phi) is 6.94. The van der Waals surface area contributed by atoms with Crippen LogP contribution in [-0.4, -0.2) is 40.1 Å². The Bertz CT molecular complexity index is 1390. The van der Waals surface area contributed by atoms with Crippen molar-refractivity contribution < 1.29 is 9.53 Å². The molecule has 5 rings (SSSR count). The van der Waals surface area contributed by atoms with E-state index in [2.05, 4.69) is 55.3 Å². The van der Waals surface area contributed by atoms with Gasteiger partial charge in [0.05, 0.1) is 17.1 Å². The molecule has 0 atom stereocenters. The van der Waals surface area contributed by atoms with Crippen molar-refractivity contribution in [1.82, 2.24) is 20.3 Å². The van der Waals surface area contributed by atoms with Gasteiger partial charge < -0.3 is 15.0 Å². The first-order chi connectivity index (χ1) is 17.8. The Labute approximate surface area is 218 Å². The Morgan fingerprint density at radius 3 is 2.32 bits per heavy atom. The minimum Gasteiger partial charge on any atom is -0.381 e. The van der Waals surface area contributed by atoms with Gasteiger partial charge in [0.2, 0.25) is 0 Å². The summed E-state index contributed by atoms with van der Waals surface area (Å²) in [7, 11) is 0. The summed E-state index contributed by atoms with van der Waals surface area (Å²) in [4.78, 5) is 26.0. The summed E-state index contributed by atoms with van der Waals surface area (Å²) in [6, 6.07) is 22.4. The summed E-state index contributed by atoms with van der Waals surface area (Å²) in [6.45, 7) is 9.86. The van der Waals surface area contributed by atoms with E-state index in [0.717, 1.165) is 58.1 Å². The van der Waals surface area contributed by atoms with E-state index >= 15 is 0 Å². The quantitative estimate of drug-likeness (QED) is 0.340. The van der Waals surface area contributed by atoms with Gasteiger partial charge in [-0.2, -0.15) is 0 Å². The Balaban J connectivity index is 1.44. The number of carbonyl (C=O) groups is 1. The molecule has 6 heteroatoms. The van der Waals surface area contributed by atoms with Crippen LogP contribution in [-0.2, 0) is 10.2 Å². The molecule has 6 nitrogen and oxygen atoms in total. The number of hydrogen-bond donors (Lipinski definition) is 2. The number of H-pyrrole nitrogens is 1. The molecule has 0 aliphatic carbocycles. The monoisotopic (exact) mass is 494 g/mol. The molecule has 0 unspecified atom stereocenters. The van der Waals surface area contributed by atoms with Crippen LogP contribution < -0.4 is 5.32 Å². The number of nitrogens with one attached hydrogen (secondary N) is 2. The second-order valence-corrected chi connectivity index (χ2v) is 10.7. The van der Waals surface area contributed by atoms with E-state index in [1.54, 1.807) is 0 Å². The molecule has 0 radical (unpaired) electrons. The van der Waals surface area contributed by atoms with Crippen molar-refractivity contribution in [1.29, 1.82) is 0 Å². The molecule has 1 amide bonds. The average molecular weight is 495 g/mol. The molecule has 37 heavy (non-hydrogen) atoms. The van der Waals surface area contributed by atoms with Crippen molar-refractivity contribution in [2.45, 2.75) is 52.0 Å². The standard InChI is InChI=1S/C31H34N4O2/c1-20-7-5-10-26(32-20)28-27(34-30(35-28)31(2,3)4)24-9-6-8-23(19-24)21-11-13-22(14-12-21)29(36)33-25-15-17-37-18-16-25/h5-14,19,25H,15-18H2,1-4H3,(H,33,36)(H,34,35). The predicted molar refractivity (Wildman–Crippen MR) is 147 cm³/mol. The van der Waals surface area contributed by atoms with Gasteiger partial charge in [-0.1, -0.05) is 57.2 Å². The lowest BCUT2D eigenvalue weighted by molar-refractivity contribution is 0.0696. The van der Waals surface area contributed by atoms with E-state index in [1.807, 2.05) is 49.4 Å². The smallest absolute Gasteiger partial charge is 0.251 e. The highest BCUT2D eigenvalue weighted by molar-refractivity contribution is 5.95. The number of ether oxygens (including phenoxy) is 1. The van der Waals surface area contributed by atoms with Crippen LogP contribution in [0.25, 0.3) is 33.8 Å². The predicted octanol–water partition coefficient (Wildman–Crippen LogP) is 6.32. The summed E-state index contributed by atoms with van der Waals surface area (Å²) < 4.78 is 5.39. The number of amides is 1. The highest BCUT2D eigenvalue weighted by Crippen LogP contribution is 2.34. The topological polar surface area (TPSA) is 79.9 Å². The number of imidazole rings is 1. The molecule has 2 aromatic carbocycles. The van der Waals surface area contributed by atoms with Crippen LogP contribution in [0, 0.1) is 6.92 Å². The number of rotatable bonds is 5. The van der Waals surface area contributed by atoms with E-state index in [4.69, 9.17) is 14.7 Å². The maximum Gasteiger partial charge on any atom is 0.251 e. The molecule has 2 aromatic heterocycles. The van der Waals surface area contributed by atoms with Crippen LogP contribution in [0.3, 0.4) is 0 Å². The zero-order valence-electron chi connectivity index (χ0n) is 22.0. The Hall–Kier alpha value is -3.77. The van der Waals surface area contributed by atoms with Crippen molar-refractivity contribution in [2.24, 2.45) is 0 Å². The van der Waals surface area contributed by atoms with E-state index in [9.17, 15) is 4.79 Å². The van der Waals surface area contributed by atoms with Crippen molar-refractivity contribution in [3.8, 4) is 33.8 Å². The van der Waals surface area contributed by atoms with Gasteiger partial charge in [-0.15, -0.1) is 0 Å². The lowest BCUT2D eigenvalue weighted by atomic mass is 9.96. The maximum atomic E-state index is 12.7. The summed E-state index contributed by atoms with van der Waals surface area (Å²) in [6.07, 6.45) is 1.72. The molecule has 1 aliphatic rings. The summed E-state index contributed by atoms with van der Waals surface area (Å²) in [5.41, 5.74) is 7.32. The summed E-state index contributed by atoms with van der Waals surface area (Å²) in [5.74, 6) is 0.889. The van der Waals surface area contributed by atoms with Gasteiger partial charge in [-0.05, 0) is 61.2 Å². The van der Waals surface area contributed by atoms with E-state index in [1.165, 1.54) is 0 Å². The average Bonchev–Trinajstić information content (AvgIpc) is 3.36. The zero-order valence-corrected chi connectivity index (χ0v) is 22.0. The maximum absolute atomic E-state index is 12.7. The van der Waals surface area contributed by atoms with Crippen LogP contribution in [0.1, 0.15) is 55.5 Å². The van der Waals surface area contributed by atoms with Crippen LogP contribution in [0.4, 0.5) is 0 Å². The minimum atomic E-state index is -0.129. The van der Waals surface area contributed by atoms with Crippen molar-refractivity contribution in [2.75, 3.05) is 13.2 Å². The second-order valence-electron chi connectivity index (χ2n) is 10.7. The summed E-state index contributed by atoms with van der Waals surface area (Å²) in [5, 5.41) is 3.13. The zero-order chi connectivity index (χ0) is 26.0. The van der Waals surface area contributed by atoms with Crippen LogP contribution in [0.15, 0.2) is 66.7 Å².